The molecule has 1 rings (SSSR count). The Bertz CT molecular complexity index is 309. The van der Waals surface area contributed by atoms with E-state index in [1.807, 2.05) is 0 Å². The molecule has 0 aliphatic rings. The summed E-state index contributed by atoms with van der Waals surface area (Å²) in [6.45, 7) is 0. The minimum absolute atomic E-state index is 0.247. The van der Waals surface area contributed by atoms with Gasteiger partial charge in [0.05, 0.1) is 13.4 Å². The topological polar surface area (TPSA) is 0 Å². The van der Waals surface area contributed by atoms with Gasteiger partial charge in [-0.2, -0.15) is 13.2 Å². The summed E-state index contributed by atoms with van der Waals surface area (Å²) < 4.78 is 36.5. The zero-order valence-corrected chi connectivity index (χ0v) is 7.88. The standard InChI is InChI=1S/C8H7BF3P/c9-4-5-1-2-6(3-7(5)13)8(10,11)12/h1-3H,4,13H2. The molecule has 2 radical (unpaired) electrons. The van der Waals surface area contributed by atoms with Crippen molar-refractivity contribution >= 4 is 22.4 Å². The van der Waals surface area contributed by atoms with Crippen LogP contribution in [0.5, 0.6) is 0 Å². The number of hydrogen-bond acceptors (Lipinski definition) is 0. The van der Waals surface area contributed by atoms with Crippen LogP contribution in [0.25, 0.3) is 0 Å². The summed E-state index contributed by atoms with van der Waals surface area (Å²) in [5, 5.41) is 0.498. The highest BCUT2D eigenvalue weighted by Crippen LogP contribution is 2.28. The van der Waals surface area contributed by atoms with Crippen LogP contribution < -0.4 is 5.30 Å². The van der Waals surface area contributed by atoms with Crippen molar-refractivity contribution in [2.24, 2.45) is 0 Å². The average Bonchev–Trinajstić information content (AvgIpc) is 2.02. The van der Waals surface area contributed by atoms with Gasteiger partial charge in [0.15, 0.2) is 0 Å². The fourth-order valence-electron chi connectivity index (χ4n) is 0.957. The van der Waals surface area contributed by atoms with Crippen LogP contribution in [0.3, 0.4) is 0 Å². The summed E-state index contributed by atoms with van der Waals surface area (Å²) in [5.74, 6) is 0. The van der Waals surface area contributed by atoms with E-state index in [2.05, 4.69) is 9.24 Å². The zero-order valence-electron chi connectivity index (χ0n) is 6.73. The second-order valence-corrected chi connectivity index (χ2v) is 3.24. The lowest BCUT2D eigenvalue weighted by molar-refractivity contribution is -0.137. The van der Waals surface area contributed by atoms with Crippen LogP contribution in [0, 0.1) is 0 Å². The Hall–Kier alpha value is -0.495. The van der Waals surface area contributed by atoms with Crippen LogP contribution in [-0.2, 0) is 12.5 Å². The van der Waals surface area contributed by atoms with E-state index in [9.17, 15) is 13.2 Å². The summed E-state index contributed by atoms with van der Waals surface area (Å²) in [6.07, 6.45) is -4.03. The van der Waals surface area contributed by atoms with Gasteiger partial charge in [-0.05, 0) is 23.0 Å². The fourth-order valence-corrected chi connectivity index (χ4v) is 1.35. The normalized spacial score (nSPS) is 11.7. The van der Waals surface area contributed by atoms with E-state index in [0.717, 1.165) is 12.1 Å². The molecule has 0 fully saturated rings. The molecule has 1 aromatic rings. The molecule has 0 aromatic heterocycles. The van der Waals surface area contributed by atoms with Gasteiger partial charge >= 0.3 is 6.18 Å². The molecule has 1 atom stereocenters. The lowest BCUT2D eigenvalue weighted by Gasteiger charge is -2.09. The third kappa shape index (κ3) is 2.47. The molecule has 68 valence electrons. The molecule has 0 aliphatic heterocycles. The number of rotatable bonds is 1. The molecule has 0 nitrogen and oxygen atoms in total. The maximum atomic E-state index is 12.2. The van der Waals surface area contributed by atoms with Gasteiger partial charge in [0.25, 0.3) is 0 Å². The van der Waals surface area contributed by atoms with E-state index in [1.54, 1.807) is 0 Å². The first-order chi connectivity index (χ1) is 5.95. The molecule has 0 amide bonds. The van der Waals surface area contributed by atoms with Crippen LogP contribution in [0.2, 0.25) is 0 Å². The summed E-state index contributed by atoms with van der Waals surface area (Å²) >= 11 is 0. The van der Waals surface area contributed by atoms with Crippen LogP contribution in [0.15, 0.2) is 18.2 Å². The Morgan fingerprint density at radius 1 is 1.31 bits per heavy atom. The second kappa shape index (κ2) is 3.71. The molecule has 0 bridgehead atoms. The molecule has 0 saturated carbocycles. The molecule has 0 saturated heterocycles. The minimum atomic E-state index is -4.28. The molecule has 5 heteroatoms. The highest BCUT2D eigenvalue weighted by atomic mass is 31.0. The van der Waals surface area contributed by atoms with Crippen molar-refractivity contribution in [3.05, 3.63) is 29.3 Å². The van der Waals surface area contributed by atoms with Gasteiger partial charge in [-0.25, -0.2) is 0 Å². The number of alkyl halides is 3. The number of benzene rings is 1. The van der Waals surface area contributed by atoms with Gasteiger partial charge in [-0.15, -0.1) is 9.24 Å². The van der Waals surface area contributed by atoms with Crippen molar-refractivity contribution in [1.82, 2.24) is 0 Å². The third-order valence-electron chi connectivity index (χ3n) is 1.69. The zero-order chi connectivity index (χ0) is 10.1. The summed E-state index contributed by atoms with van der Waals surface area (Å²) in [6, 6.07) is 3.51. The van der Waals surface area contributed by atoms with Crippen LogP contribution in [0.4, 0.5) is 13.2 Å². The molecule has 0 N–H and O–H groups in total. The van der Waals surface area contributed by atoms with E-state index in [4.69, 9.17) is 7.85 Å². The smallest absolute Gasteiger partial charge is 0.166 e. The second-order valence-electron chi connectivity index (χ2n) is 2.62. The van der Waals surface area contributed by atoms with Crippen LogP contribution in [0.1, 0.15) is 11.1 Å². The Kier molecular flexibility index (Phi) is 3.02. The molecule has 0 heterocycles. The van der Waals surface area contributed by atoms with Gasteiger partial charge in [0.2, 0.25) is 0 Å². The molecular weight excluding hydrogens is 195 g/mol. The Labute approximate surface area is 78.1 Å². The van der Waals surface area contributed by atoms with Crippen molar-refractivity contribution < 1.29 is 13.2 Å². The van der Waals surface area contributed by atoms with Crippen molar-refractivity contribution in [3.63, 3.8) is 0 Å². The highest BCUT2D eigenvalue weighted by molar-refractivity contribution is 7.27. The summed E-state index contributed by atoms with van der Waals surface area (Å²) in [7, 11) is 7.56. The lowest BCUT2D eigenvalue weighted by Crippen LogP contribution is -2.10. The van der Waals surface area contributed by atoms with Crippen molar-refractivity contribution in [2.45, 2.75) is 12.5 Å². The van der Waals surface area contributed by atoms with Crippen LogP contribution in [-0.4, -0.2) is 7.85 Å². The van der Waals surface area contributed by atoms with Crippen LogP contribution >= 0.6 is 9.24 Å². The number of halogens is 3. The van der Waals surface area contributed by atoms with Gasteiger partial charge in [0.1, 0.15) is 0 Å². The molecular formula is C8H7BF3P. The minimum Gasteiger partial charge on any atom is -0.166 e. The van der Waals surface area contributed by atoms with Gasteiger partial charge in [0, 0.05) is 0 Å². The quantitative estimate of drug-likeness (QED) is 0.481. The van der Waals surface area contributed by atoms with Gasteiger partial charge in [-0.1, -0.05) is 12.4 Å². The predicted molar refractivity (Wildman–Crippen MR) is 50.2 cm³/mol. The molecule has 13 heavy (non-hydrogen) atoms. The van der Waals surface area contributed by atoms with Crippen molar-refractivity contribution in [2.75, 3.05) is 0 Å². The fraction of sp³-hybridized carbons (Fsp3) is 0.250. The Morgan fingerprint density at radius 3 is 2.31 bits per heavy atom. The first-order valence-electron chi connectivity index (χ1n) is 3.61. The van der Waals surface area contributed by atoms with Gasteiger partial charge < -0.3 is 0 Å². The third-order valence-corrected chi connectivity index (χ3v) is 2.23. The maximum Gasteiger partial charge on any atom is 0.416 e. The van der Waals surface area contributed by atoms with Gasteiger partial charge in [-0.3, -0.25) is 0 Å². The summed E-state index contributed by atoms with van der Waals surface area (Å²) in [5.41, 5.74) is 0.0627. The molecule has 0 spiro atoms. The average molecular weight is 202 g/mol. The number of hydrogen-bond donors (Lipinski definition) is 0. The summed E-state index contributed by atoms with van der Waals surface area (Å²) in [4.78, 5) is 0. The monoisotopic (exact) mass is 202 g/mol. The predicted octanol–water partition coefficient (Wildman–Crippen LogP) is 1.87. The van der Waals surface area contributed by atoms with Crippen molar-refractivity contribution in [3.8, 4) is 0 Å². The SMILES string of the molecule is [B]Cc1ccc(C(F)(F)F)cc1P. The molecule has 1 unspecified atom stereocenters. The van der Waals surface area contributed by atoms with Crippen molar-refractivity contribution in [1.29, 1.82) is 0 Å². The van der Waals surface area contributed by atoms with E-state index in [0.29, 0.717) is 10.9 Å². The highest BCUT2D eigenvalue weighted by Gasteiger charge is 2.30. The van der Waals surface area contributed by atoms with E-state index in [1.165, 1.54) is 6.07 Å². The molecule has 0 aliphatic carbocycles. The maximum absolute atomic E-state index is 12.2. The first kappa shape index (κ1) is 10.6. The van der Waals surface area contributed by atoms with E-state index >= 15 is 0 Å². The van der Waals surface area contributed by atoms with E-state index in [-0.39, 0.29) is 6.32 Å². The molecule has 1 aromatic carbocycles. The largest absolute Gasteiger partial charge is 0.416 e. The first-order valence-corrected chi connectivity index (χ1v) is 4.18. The lowest BCUT2D eigenvalue weighted by atomic mass is 9.96. The van der Waals surface area contributed by atoms with E-state index < -0.39 is 11.7 Å². The Morgan fingerprint density at radius 2 is 1.92 bits per heavy atom. The Balaban J connectivity index is 3.10.